The lowest BCUT2D eigenvalue weighted by Crippen LogP contribution is -2.38. The van der Waals surface area contributed by atoms with E-state index in [1.54, 1.807) is 29.6 Å². The number of nitrogens with one attached hydrogen (secondary N) is 2. The molecule has 4 aromatic rings. The van der Waals surface area contributed by atoms with Crippen molar-refractivity contribution >= 4 is 28.4 Å². The van der Waals surface area contributed by atoms with Crippen LogP contribution < -0.4 is 15.4 Å². The van der Waals surface area contributed by atoms with E-state index >= 15 is 0 Å². The summed E-state index contributed by atoms with van der Waals surface area (Å²) in [7, 11) is 3.38. The Labute approximate surface area is 171 Å². The lowest BCUT2D eigenvalue weighted by Gasteiger charge is -2.17. The molecule has 1 saturated heterocycles. The fraction of sp³-hybridized carbons (Fsp3) is 0.368. The number of aryl methyl sites for hydroxylation is 1. The van der Waals surface area contributed by atoms with Crippen LogP contribution in [0.4, 0.5) is 5.95 Å². The highest BCUT2D eigenvalue weighted by Crippen LogP contribution is 2.29. The molecule has 1 aliphatic heterocycles. The van der Waals surface area contributed by atoms with E-state index in [9.17, 15) is 4.79 Å². The van der Waals surface area contributed by atoms with Crippen molar-refractivity contribution in [3.05, 3.63) is 24.4 Å². The molecule has 154 valence electrons. The van der Waals surface area contributed by atoms with E-state index in [0.29, 0.717) is 47.3 Å². The molecule has 0 saturated carbocycles. The predicted molar refractivity (Wildman–Crippen MR) is 109 cm³/mol. The Morgan fingerprint density at radius 3 is 2.97 bits per heavy atom. The average Bonchev–Trinajstić information content (AvgIpc) is 3.33. The van der Waals surface area contributed by atoms with Gasteiger partial charge in [-0.15, -0.1) is 10.2 Å². The fourth-order valence-corrected chi connectivity index (χ4v) is 3.65. The summed E-state index contributed by atoms with van der Waals surface area (Å²) >= 11 is 0. The van der Waals surface area contributed by atoms with Gasteiger partial charge in [0.15, 0.2) is 11.3 Å². The molecule has 1 fully saturated rings. The maximum atomic E-state index is 12.5. The molecule has 0 bridgehead atoms. The van der Waals surface area contributed by atoms with Gasteiger partial charge in [0, 0.05) is 19.0 Å². The largest absolute Gasteiger partial charge is 0.494 e. The molecule has 0 aliphatic carbocycles. The van der Waals surface area contributed by atoms with Crippen LogP contribution in [-0.2, 0) is 11.8 Å². The second kappa shape index (κ2) is 7.25. The summed E-state index contributed by atoms with van der Waals surface area (Å²) in [6.07, 6.45) is 4.36. The van der Waals surface area contributed by atoms with Gasteiger partial charge in [0.2, 0.25) is 17.7 Å². The van der Waals surface area contributed by atoms with Gasteiger partial charge in [-0.25, -0.2) is 9.97 Å². The topological polar surface area (TPSA) is 124 Å². The van der Waals surface area contributed by atoms with Gasteiger partial charge in [-0.1, -0.05) is 11.3 Å². The summed E-state index contributed by atoms with van der Waals surface area (Å²) < 4.78 is 8.71. The number of rotatable bonds is 4. The SMILES string of the molecule is COc1cccc2c1nc(N[C@@H]1CCCCNC1=O)n1nc(-c3cn(C)nn3)nc21. The van der Waals surface area contributed by atoms with E-state index in [2.05, 4.69) is 26.0 Å². The Morgan fingerprint density at radius 1 is 1.27 bits per heavy atom. The van der Waals surface area contributed by atoms with Crippen molar-refractivity contribution in [2.45, 2.75) is 25.3 Å². The zero-order chi connectivity index (χ0) is 20.7. The monoisotopic (exact) mass is 407 g/mol. The molecule has 1 aromatic carbocycles. The number of fused-ring (bicyclic) bond motifs is 3. The number of amides is 1. The van der Waals surface area contributed by atoms with Gasteiger partial charge in [0.05, 0.1) is 13.3 Å². The number of carbonyl (C=O) groups excluding carboxylic acids is 1. The lowest BCUT2D eigenvalue weighted by atomic mass is 10.1. The highest BCUT2D eigenvalue weighted by atomic mass is 16.5. The molecule has 30 heavy (non-hydrogen) atoms. The van der Waals surface area contributed by atoms with Crippen LogP contribution >= 0.6 is 0 Å². The van der Waals surface area contributed by atoms with Crippen molar-refractivity contribution < 1.29 is 9.53 Å². The van der Waals surface area contributed by atoms with E-state index < -0.39 is 6.04 Å². The van der Waals surface area contributed by atoms with E-state index in [4.69, 9.17) is 14.7 Å². The second-order valence-corrected chi connectivity index (χ2v) is 7.22. The Bertz CT molecular complexity index is 1250. The maximum Gasteiger partial charge on any atom is 0.242 e. The van der Waals surface area contributed by atoms with Crippen LogP contribution in [0.1, 0.15) is 19.3 Å². The molecule has 5 rings (SSSR count). The van der Waals surface area contributed by atoms with E-state index in [0.717, 1.165) is 18.2 Å². The van der Waals surface area contributed by atoms with Gasteiger partial charge in [0.1, 0.15) is 17.3 Å². The fourth-order valence-electron chi connectivity index (χ4n) is 3.65. The van der Waals surface area contributed by atoms with Crippen LogP contribution in [0.25, 0.3) is 28.1 Å². The standard InChI is InChI=1S/C19H21N9O2/c1-27-10-13(24-26-27)16-23-17-11-6-5-8-14(30-2)15(11)22-19(28(17)25-16)21-12-7-3-4-9-20-18(12)29/h5-6,8,10,12H,3-4,7,9H2,1-2H3,(H,20,29)(H,21,22)/t12-/m1/s1. The van der Waals surface area contributed by atoms with Gasteiger partial charge in [-0.2, -0.15) is 4.52 Å². The van der Waals surface area contributed by atoms with Crippen molar-refractivity contribution in [3.8, 4) is 17.3 Å². The number of methoxy groups -OCH3 is 1. The molecule has 2 N–H and O–H groups in total. The van der Waals surface area contributed by atoms with Crippen LogP contribution in [0.2, 0.25) is 0 Å². The molecule has 11 nitrogen and oxygen atoms in total. The van der Waals surface area contributed by atoms with Crippen LogP contribution in [0.15, 0.2) is 24.4 Å². The van der Waals surface area contributed by atoms with Gasteiger partial charge < -0.3 is 15.4 Å². The Hall–Kier alpha value is -3.76. The number of benzene rings is 1. The highest BCUT2D eigenvalue weighted by molar-refractivity contribution is 5.96. The first-order valence-electron chi connectivity index (χ1n) is 9.78. The zero-order valence-corrected chi connectivity index (χ0v) is 16.7. The van der Waals surface area contributed by atoms with Crippen molar-refractivity contribution in [1.82, 2.24) is 39.9 Å². The van der Waals surface area contributed by atoms with E-state index in [1.807, 2.05) is 18.2 Å². The number of carbonyl (C=O) groups is 1. The lowest BCUT2D eigenvalue weighted by molar-refractivity contribution is -0.121. The summed E-state index contributed by atoms with van der Waals surface area (Å²) in [5, 5.41) is 19.7. The number of hydrogen-bond acceptors (Lipinski definition) is 8. The molecular weight excluding hydrogens is 386 g/mol. The third-order valence-corrected chi connectivity index (χ3v) is 5.16. The Balaban J connectivity index is 1.70. The number of ether oxygens (including phenoxy) is 1. The summed E-state index contributed by atoms with van der Waals surface area (Å²) in [5.41, 5.74) is 1.79. The van der Waals surface area contributed by atoms with Gasteiger partial charge >= 0.3 is 0 Å². The number of nitrogens with zero attached hydrogens (tertiary/aromatic N) is 7. The average molecular weight is 407 g/mol. The van der Waals surface area contributed by atoms with Gasteiger partial charge in [0.25, 0.3) is 0 Å². The minimum atomic E-state index is -0.403. The molecule has 0 unspecified atom stereocenters. The molecule has 4 heterocycles. The van der Waals surface area contributed by atoms with Crippen molar-refractivity contribution in [3.63, 3.8) is 0 Å². The first kappa shape index (κ1) is 18.3. The smallest absolute Gasteiger partial charge is 0.242 e. The highest BCUT2D eigenvalue weighted by Gasteiger charge is 2.24. The van der Waals surface area contributed by atoms with Gasteiger partial charge in [-0.05, 0) is 31.4 Å². The molecule has 3 aromatic heterocycles. The molecule has 11 heteroatoms. The van der Waals surface area contributed by atoms with E-state index in [1.165, 1.54) is 0 Å². The van der Waals surface area contributed by atoms with Crippen molar-refractivity contribution in [2.75, 3.05) is 19.0 Å². The van der Waals surface area contributed by atoms with Crippen molar-refractivity contribution in [1.29, 1.82) is 0 Å². The quantitative estimate of drug-likeness (QED) is 0.516. The number of hydrogen-bond donors (Lipinski definition) is 2. The third kappa shape index (κ3) is 3.08. The molecular formula is C19H21N9O2. The number of para-hydroxylation sites is 1. The second-order valence-electron chi connectivity index (χ2n) is 7.22. The summed E-state index contributed by atoms with van der Waals surface area (Å²) in [6, 6.07) is 5.23. The molecule has 0 radical (unpaired) electrons. The normalized spacial score (nSPS) is 17.1. The third-order valence-electron chi connectivity index (χ3n) is 5.16. The Kier molecular flexibility index (Phi) is 4.42. The number of anilines is 1. The van der Waals surface area contributed by atoms with Gasteiger partial charge in [-0.3, -0.25) is 9.48 Å². The molecule has 1 amide bonds. The summed E-state index contributed by atoms with van der Waals surface area (Å²) in [6.45, 7) is 0.686. The van der Waals surface area contributed by atoms with Crippen molar-refractivity contribution in [2.24, 2.45) is 7.05 Å². The molecule has 0 spiro atoms. The van der Waals surface area contributed by atoms with Crippen LogP contribution in [-0.4, -0.2) is 60.2 Å². The first-order valence-corrected chi connectivity index (χ1v) is 9.78. The minimum Gasteiger partial charge on any atom is -0.494 e. The summed E-state index contributed by atoms with van der Waals surface area (Å²) in [4.78, 5) is 21.9. The van der Waals surface area contributed by atoms with E-state index in [-0.39, 0.29) is 5.91 Å². The zero-order valence-electron chi connectivity index (χ0n) is 16.7. The van der Waals surface area contributed by atoms with Crippen LogP contribution in [0.3, 0.4) is 0 Å². The Morgan fingerprint density at radius 2 is 2.17 bits per heavy atom. The summed E-state index contributed by atoms with van der Waals surface area (Å²) in [5.74, 6) is 1.42. The molecule has 1 atom stereocenters. The maximum absolute atomic E-state index is 12.5. The minimum absolute atomic E-state index is 0.0446. The predicted octanol–water partition coefficient (Wildman–Crippen LogP) is 1.16. The first-order chi connectivity index (χ1) is 14.6. The molecule has 1 aliphatic rings. The van der Waals surface area contributed by atoms with Crippen LogP contribution in [0.5, 0.6) is 5.75 Å². The number of aromatic nitrogens is 7. The van der Waals surface area contributed by atoms with Crippen LogP contribution in [0, 0.1) is 0 Å².